The zero-order valence-corrected chi connectivity index (χ0v) is 7.92. The molecule has 66 valence electrons. The number of hydrogen-bond donors (Lipinski definition) is 0. The van der Waals surface area contributed by atoms with Gasteiger partial charge in [-0.15, -0.1) is 0 Å². The van der Waals surface area contributed by atoms with Crippen LogP contribution in [0.2, 0.25) is 0 Å². The third kappa shape index (κ3) is 2.69. The van der Waals surface area contributed by atoms with E-state index in [0.717, 1.165) is 17.4 Å². The first-order valence-corrected chi connectivity index (χ1v) is 4.68. The van der Waals surface area contributed by atoms with Gasteiger partial charge in [0.1, 0.15) is 0 Å². The van der Waals surface area contributed by atoms with Crippen LogP contribution in [0.5, 0.6) is 0 Å². The first-order valence-electron chi connectivity index (χ1n) is 4.68. The summed E-state index contributed by atoms with van der Waals surface area (Å²) in [6.45, 7) is 8.93. The van der Waals surface area contributed by atoms with Crippen molar-refractivity contribution in [3.05, 3.63) is 37.0 Å². The van der Waals surface area contributed by atoms with E-state index in [2.05, 4.69) is 25.3 Å². The van der Waals surface area contributed by atoms with Gasteiger partial charge in [0.05, 0.1) is 0 Å². The Labute approximate surface area is 75.7 Å². The molecule has 0 saturated heterocycles. The molecule has 2 rings (SSSR count). The van der Waals surface area contributed by atoms with Crippen LogP contribution in [0.3, 0.4) is 0 Å². The summed E-state index contributed by atoms with van der Waals surface area (Å²) in [7, 11) is 0. The lowest BCUT2D eigenvalue weighted by atomic mass is 10.1. The molecule has 2 bridgehead atoms. The van der Waals surface area contributed by atoms with Gasteiger partial charge in [-0.25, -0.2) is 0 Å². The van der Waals surface area contributed by atoms with Gasteiger partial charge >= 0.3 is 0 Å². The first-order chi connectivity index (χ1) is 5.72. The maximum absolute atomic E-state index is 3.56. The van der Waals surface area contributed by atoms with E-state index >= 15 is 0 Å². The lowest BCUT2D eigenvalue weighted by molar-refractivity contribution is 0.691. The average molecular weight is 162 g/mol. The molecule has 0 spiro atoms. The molecule has 1 fully saturated rings. The van der Waals surface area contributed by atoms with Crippen LogP contribution in [0.25, 0.3) is 0 Å². The third-order valence-electron chi connectivity index (χ3n) is 2.52. The predicted octanol–water partition coefficient (Wildman–Crippen LogP) is 3.72. The standard InChI is InChI=1S/C7H10.C5H8/c1-2-7-4-3-6(1)5-7;1-4-5(2)3/h1-2,6-7H,3-5H2;4H,1-2H2,3H3. The van der Waals surface area contributed by atoms with Crippen molar-refractivity contribution in [3.63, 3.8) is 0 Å². The zero-order valence-electron chi connectivity index (χ0n) is 7.92. The number of fused-ring (bicyclic) bond motifs is 2. The van der Waals surface area contributed by atoms with Crippen LogP contribution in [-0.2, 0) is 0 Å². The quantitative estimate of drug-likeness (QED) is 0.407. The molecule has 0 aromatic heterocycles. The molecule has 2 atom stereocenters. The largest absolute Gasteiger partial charge is 0.0988 e. The highest BCUT2D eigenvalue weighted by molar-refractivity contribution is 5.06. The highest BCUT2D eigenvalue weighted by atomic mass is 14.3. The van der Waals surface area contributed by atoms with E-state index < -0.39 is 0 Å². The molecule has 1 saturated carbocycles. The zero-order chi connectivity index (χ0) is 8.97. The first kappa shape index (κ1) is 9.31. The molecule has 0 amide bonds. The Morgan fingerprint density at radius 2 is 1.75 bits per heavy atom. The van der Waals surface area contributed by atoms with Gasteiger partial charge in [-0.3, -0.25) is 0 Å². The topological polar surface area (TPSA) is 0 Å². The van der Waals surface area contributed by atoms with Gasteiger partial charge in [-0.05, 0) is 38.0 Å². The van der Waals surface area contributed by atoms with Gasteiger partial charge in [0, 0.05) is 0 Å². The summed E-state index contributed by atoms with van der Waals surface area (Å²) in [6.07, 6.45) is 10.9. The van der Waals surface area contributed by atoms with Crippen molar-refractivity contribution in [3.8, 4) is 0 Å². The van der Waals surface area contributed by atoms with Gasteiger partial charge in [0.2, 0.25) is 0 Å². The van der Waals surface area contributed by atoms with E-state index in [9.17, 15) is 0 Å². The van der Waals surface area contributed by atoms with Gasteiger partial charge < -0.3 is 0 Å². The maximum Gasteiger partial charge on any atom is -0.0228 e. The van der Waals surface area contributed by atoms with Crippen molar-refractivity contribution in [1.82, 2.24) is 0 Å². The summed E-state index contributed by atoms with van der Waals surface area (Å²) in [6, 6.07) is 0. The van der Waals surface area contributed by atoms with Gasteiger partial charge in [-0.2, -0.15) is 0 Å². The highest BCUT2D eigenvalue weighted by Crippen LogP contribution is 2.38. The summed E-state index contributed by atoms with van der Waals surface area (Å²) in [5.74, 6) is 1.98. The Kier molecular flexibility index (Phi) is 3.33. The second-order valence-electron chi connectivity index (χ2n) is 3.77. The minimum Gasteiger partial charge on any atom is -0.0988 e. The van der Waals surface area contributed by atoms with E-state index in [0.29, 0.717) is 0 Å². The van der Waals surface area contributed by atoms with Gasteiger partial charge in [0.15, 0.2) is 0 Å². The fourth-order valence-electron chi connectivity index (χ4n) is 1.72. The van der Waals surface area contributed by atoms with Crippen LogP contribution >= 0.6 is 0 Å². The molecule has 2 aliphatic rings. The van der Waals surface area contributed by atoms with Crippen molar-refractivity contribution < 1.29 is 0 Å². The molecule has 2 aliphatic carbocycles. The Hall–Kier alpha value is -0.780. The Balaban J connectivity index is 0.000000130. The molecule has 12 heavy (non-hydrogen) atoms. The van der Waals surface area contributed by atoms with E-state index in [-0.39, 0.29) is 0 Å². The molecule has 0 heteroatoms. The van der Waals surface area contributed by atoms with Gasteiger partial charge in [0.25, 0.3) is 0 Å². The normalized spacial score (nSPS) is 29.4. The molecule has 0 aromatic carbocycles. The molecule has 0 N–H and O–H groups in total. The summed E-state index contributed by atoms with van der Waals surface area (Å²) < 4.78 is 0. The van der Waals surface area contributed by atoms with Crippen molar-refractivity contribution in [1.29, 1.82) is 0 Å². The van der Waals surface area contributed by atoms with E-state index in [1.165, 1.54) is 19.3 Å². The van der Waals surface area contributed by atoms with E-state index in [4.69, 9.17) is 0 Å². The molecule has 0 aromatic rings. The van der Waals surface area contributed by atoms with E-state index in [1.807, 2.05) is 6.92 Å². The molecule has 0 heterocycles. The lowest BCUT2D eigenvalue weighted by Crippen LogP contribution is -1.82. The highest BCUT2D eigenvalue weighted by Gasteiger charge is 2.25. The number of rotatable bonds is 1. The molecule has 0 radical (unpaired) electrons. The second kappa shape index (κ2) is 4.30. The van der Waals surface area contributed by atoms with Crippen LogP contribution in [0, 0.1) is 11.8 Å². The van der Waals surface area contributed by atoms with Crippen LogP contribution in [0.4, 0.5) is 0 Å². The van der Waals surface area contributed by atoms with E-state index in [1.54, 1.807) is 6.08 Å². The molecular weight excluding hydrogens is 144 g/mol. The molecule has 0 aliphatic heterocycles. The average Bonchev–Trinajstić information content (AvgIpc) is 2.67. The van der Waals surface area contributed by atoms with Crippen molar-refractivity contribution in [2.45, 2.75) is 26.2 Å². The summed E-state index contributed by atoms with van der Waals surface area (Å²) in [5.41, 5.74) is 1.02. The third-order valence-corrected chi connectivity index (χ3v) is 2.52. The van der Waals surface area contributed by atoms with Crippen LogP contribution in [-0.4, -0.2) is 0 Å². The molecule has 0 nitrogen and oxygen atoms in total. The number of allylic oxidation sites excluding steroid dienone is 4. The SMILES string of the molecule is C1=CC2CCC1C2.C=CC(=C)C. The van der Waals surface area contributed by atoms with Gasteiger partial charge in [-0.1, -0.05) is 37.0 Å². The monoisotopic (exact) mass is 162 g/mol. The predicted molar refractivity (Wildman–Crippen MR) is 55.0 cm³/mol. The Morgan fingerprint density at radius 1 is 1.33 bits per heavy atom. The van der Waals surface area contributed by atoms with Crippen molar-refractivity contribution >= 4 is 0 Å². The van der Waals surface area contributed by atoms with Crippen LogP contribution < -0.4 is 0 Å². The molecular formula is C12H18. The Bertz CT molecular complexity index is 186. The minimum atomic E-state index is 0.991. The summed E-state index contributed by atoms with van der Waals surface area (Å²) >= 11 is 0. The maximum atomic E-state index is 3.56. The fourth-order valence-corrected chi connectivity index (χ4v) is 1.72. The summed E-state index contributed by atoms with van der Waals surface area (Å²) in [5, 5.41) is 0. The minimum absolute atomic E-state index is 0.991. The fraction of sp³-hybridized carbons (Fsp3) is 0.500. The Morgan fingerprint density at radius 3 is 1.83 bits per heavy atom. The summed E-state index contributed by atoms with van der Waals surface area (Å²) in [4.78, 5) is 0. The van der Waals surface area contributed by atoms with Crippen molar-refractivity contribution in [2.24, 2.45) is 11.8 Å². The molecule has 2 unspecified atom stereocenters. The van der Waals surface area contributed by atoms with Crippen molar-refractivity contribution in [2.75, 3.05) is 0 Å². The number of hydrogen-bond acceptors (Lipinski definition) is 0. The lowest BCUT2D eigenvalue weighted by Gasteiger charge is -1.96. The smallest absolute Gasteiger partial charge is 0.0228 e. The second-order valence-corrected chi connectivity index (χ2v) is 3.77. The van der Waals surface area contributed by atoms with Crippen LogP contribution in [0.1, 0.15) is 26.2 Å². The van der Waals surface area contributed by atoms with Crippen LogP contribution in [0.15, 0.2) is 37.0 Å².